The van der Waals surface area contributed by atoms with Gasteiger partial charge in [0.1, 0.15) is 5.82 Å². The molecular weight excluding hydrogens is 361 g/mol. The van der Waals surface area contributed by atoms with Gasteiger partial charge in [-0.2, -0.15) is 0 Å². The van der Waals surface area contributed by atoms with Gasteiger partial charge in [-0.15, -0.1) is 0 Å². The van der Waals surface area contributed by atoms with Crippen molar-refractivity contribution in [2.75, 3.05) is 39.8 Å². The summed E-state index contributed by atoms with van der Waals surface area (Å²) in [6, 6.07) is 6.30. The first-order chi connectivity index (χ1) is 13.5. The Bertz CT molecular complexity index is 731. The van der Waals surface area contributed by atoms with Crippen molar-refractivity contribution >= 4 is 11.8 Å². The first-order valence-corrected chi connectivity index (χ1v) is 10.1. The summed E-state index contributed by atoms with van der Waals surface area (Å²) in [6.45, 7) is 3.90. The van der Waals surface area contributed by atoms with Crippen molar-refractivity contribution in [2.45, 2.75) is 43.9 Å². The van der Waals surface area contributed by atoms with E-state index in [-0.39, 0.29) is 29.3 Å². The van der Waals surface area contributed by atoms with Crippen LogP contribution in [0.25, 0.3) is 0 Å². The van der Waals surface area contributed by atoms with E-state index in [1.165, 1.54) is 12.1 Å². The summed E-state index contributed by atoms with van der Waals surface area (Å²) in [5, 5.41) is 0. The molecule has 1 atom stereocenters. The highest BCUT2D eigenvalue weighted by Crippen LogP contribution is 2.32. The van der Waals surface area contributed by atoms with Gasteiger partial charge >= 0.3 is 0 Å². The lowest BCUT2D eigenvalue weighted by Crippen LogP contribution is -2.54. The van der Waals surface area contributed by atoms with Crippen molar-refractivity contribution in [3.05, 3.63) is 35.6 Å². The van der Waals surface area contributed by atoms with Crippen LogP contribution in [0.3, 0.4) is 0 Å². The van der Waals surface area contributed by atoms with Crippen molar-refractivity contribution in [1.82, 2.24) is 14.7 Å². The zero-order chi connectivity index (χ0) is 19.7. The lowest BCUT2D eigenvalue weighted by atomic mass is 9.89. The molecule has 3 aliphatic rings. The van der Waals surface area contributed by atoms with Crippen LogP contribution in [0.1, 0.15) is 31.2 Å². The van der Waals surface area contributed by atoms with E-state index in [0.717, 1.165) is 44.5 Å². The molecule has 3 saturated heterocycles. The Kier molecular flexibility index (Phi) is 5.38. The maximum Gasteiger partial charge on any atom is 0.239 e. The number of nitrogens with zero attached hydrogens (tertiary/aromatic N) is 3. The van der Waals surface area contributed by atoms with Gasteiger partial charge in [-0.1, -0.05) is 12.1 Å². The fourth-order valence-electron chi connectivity index (χ4n) is 4.64. The monoisotopic (exact) mass is 389 g/mol. The molecule has 0 aromatic heterocycles. The second-order valence-electron chi connectivity index (χ2n) is 8.26. The average molecular weight is 389 g/mol. The molecule has 3 heterocycles. The van der Waals surface area contributed by atoms with Crippen molar-refractivity contribution in [1.29, 1.82) is 0 Å². The van der Waals surface area contributed by atoms with E-state index in [1.54, 1.807) is 17.0 Å². The van der Waals surface area contributed by atoms with Gasteiger partial charge in [0.2, 0.25) is 11.8 Å². The number of carbonyl (C=O) groups is 2. The molecule has 0 bridgehead atoms. The van der Waals surface area contributed by atoms with Crippen LogP contribution < -0.4 is 0 Å². The Hall–Kier alpha value is -1.99. The molecule has 152 valence electrons. The van der Waals surface area contributed by atoms with Gasteiger partial charge in [0, 0.05) is 33.2 Å². The lowest BCUT2D eigenvalue weighted by molar-refractivity contribution is -0.135. The zero-order valence-electron chi connectivity index (χ0n) is 16.4. The smallest absolute Gasteiger partial charge is 0.239 e. The number of amides is 2. The Morgan fingerprint density at radius 2 is 1.86 bits per heavy atom. The number of hydrogen-bond donors (Lipinski definition) is 0. The number of carbonyl (C=O) groups excluding carboxylic acids is 2. The van der Waals surface area contributed by atoms with Gasteiger partial charge < -0.3 is 14.5 Å². The predicted molar refractivity (Wildman–Crippen MR) is 102 cm³/mol. The minimum absolute atomic E-state index is 0.00919. The van der Waals surface area contributed by atoms with Gasteiger partial charge in [-0.05, 0) is 37.0 Å². The maximum absolute atomic E-state index is 13.2. The minimum Gasteiger partial charge on any atom is -0.373 e. The van der Waals surface area contributed by atoms with Gasteiger partial charge in [-0.3, -0.25) is 14.5 Å². The second-order valence-corrected chi connectivity index (χ2v) is 8.26. The Balaban J connectivity index is 1.42. The number of benzene rings is 1. The average Bonchev–Trinajstić information content (AvgIpc) is 2.94. The fourth-order valence-corrected chi connectivity index (χ4v) is 4.64. The molecule has 1 unspecified atom stereocenters. The summed E-state index contributed by atoms with van der Waals surface area (Å²) in [5.41, 5.74) is 0.569. The molecule has 1 spiro atoms. The van der Waals surface area contributed by atoms with Crippen LogP contribution in [0, 0.1) is 5.82 Å². The minimum atomic E-state index is -0.351. The van der Waals surface area contributed by atoms with Gasteiger partial charge in [-0.25, -0.2) is 4.39 Å². The Morgan fingerprint density at radius 1 is 1.14 bits per heavy atom. The van der Waals surface area contributed by atoms with Crippen molar-refractivity contribution in [2.24, 2.45) is 0 Å². The van der Waals surface area contributed by atoms with Crippen LogP contribution in [-0.2, 0) is 20.9 Å². The number of likely N-dealkylation sites (tertiary alicyclic amines) is 2. The summed E-state index contributed by atoms with van der Waals surface area (Å²) in [5.74, 6) is 0.0206. The summed E-state index contributed by atoms with van der Waals surface area (Å²) in [6.07, 6.45) is 2.89. The molecule has 0 aliphatic carbocycles. The quantitative estimate of drug-likeness (QED) is 0.789. The number of ether oxygens (including phenoxy) is 1. The molecule has 0 N–H and O–H groups in total. The molecule has 6 nitrogen and oxygen atoms in total. The molecule has 0 saturated carbocycles. The van der Waals surface area contributed by atoms with Crippen molar-refractivity contribution < 1.29 is 18.7 Å². The highest BCUT2D eigenvalue weighted by atomic mass is 19.1. The number of hydrogen-bond acceptors (Lipinski definition) is 4. The van der Waals surface area contributed by atoms with E-state index >= 15 is 0 Å². The van der Waals surface area contributed by atoms with Gasteiger partial charge in [0.05, 0.1) is 31.2 Å². The van der Waals surface area contributed by atoms with Gasteiger partial charge in [0.15, 0.2) is 0 Å². The first kappa shape index (κ1) is 19.3. The van der Waals surface area contributed by atoms with E-state index < -0.39 is 0 Å². The van der Waals surface area contributed by atoms with Crippen molar-refractivity contribution in [3.63, 3.8) is 0 Å². The van der Waals surface area contributed by atoms with Crippen LogP contribution in [0.15, 0.2) is 24.3 Å². The molecule has 28 heavy (non-hydrogen) atoms. The third kappa shape index (κ3) is 3.91. The number of likely N-dealkylation sites (N-methyl/N-ethyl adjacent to an activating group) is 1. The largest absolute Gasteiger partial charge is 0.373 e. The van der Waals surface area contributed by atoms with Crippen molar-refractivity contribution in [3.8, 4) is 0 Å². The summed E-state index contributed by atoms with van der Waals surface area (Å²) < 4.78 is 19.4. The normalized spacial score (nSPS) is 26.1. The van der Waals surface area contributed by atoms with Crippen LogP contribution in [0.5, 0.6) is 0 Å². The third-order valence-electron chi connectivity index (χ3n) is 6.39. The van der Waals surface area contributed by atoms with Crippen LogP contribution >= 0.6 is 0 Å². The molecule has 7 heteroatoms. The SMILES string of the molecule is CN1CCC(N2CCC3(CC2)CN(Cc2ccc(F)cc2)C(=O)CCO3)C1=O. The Morgan fingerprint density at radius 3 is 2.50 bits per heavy atom. The summed E-state index contributed by atoms with van der Waals surface area (Å²) >= 11 is 0. The predicted octanol–water partition coefficient (Wildman–Crippen LogP) is 1.64. The number of piperidine rings is 1. The summed E-state index contributed by atoms with van der Waals surface area (Å²) in [7, 11) is 1.86. The second kappa shape index (κ2) is 7.79. The molecule has 1 aromatic carbocycles. The third-order valence-corrected chi connectivity index (χ3v) is 6.39. The molecule has 1 aromatic rings. The number of rotatable bonds is 3. The van der Waals surface area contributed by atoms with E-state index in [2.05, 4.69) is 4.90 Å². The standard InChI is InChI=1S/C21H28FN3O3/c1-23-10-6-18(20(23)27)24-11-8-21(9-12-24)15-25(19(26)7-13-28-21)14-16-2-4-17(22)5-3-16/h2-5,18H,6-15H2,1H3. The fraction of sp³-hybridized carbons (Fsp3) is 0.619. The molecule has 3 fully saturated rings. The molecule has 2 amide bonds. The van der Waals surface area contributed by atoms with E-state index in [0.29, 0.717) is 26.1 Å². The molecule has 4 rings (SSSR count). The van der Waals surface area contributed by atoms with Crippen LogP contribution in [0.2, 0.25) is 0 Å². The zero-order valence-corrected chi connectivity index (χ0v) is 16.4. The van der Waals surface area contributed by atoms with E-state index in [1.807, 2.05) is 11.9 Å². The summed E-state index contributed by atoms with van der Waals surface area (Å²) in [4.78, 5) is 30.8. The van der Waals surface area contributed by atoms with Gasteiger partial charge in [0.25, 0.3) is 0 Å². The highest BCUT2D eigenvalue weighted by molar-refractivity contribution is 5.83. The maximum atomic E-state index is 13.2. The van der Waals surface area contributed by atoms with E-state index in [9.17, 15) is 14.0 Å². The molecule has 3 aliphatic heterocycles. The lowest BCUT2D eigenvalue weighted by Gasteiger charge is -2.44. The van der Waals surface area contributed by atoms with Crippen LogP contribution in [-0.4, -0.2) is 78.0 Å². The topological polar surface area (TPSA) is 53.1 Å². The Labute approximate surface area is 165 Å². The van der Waals surface area contributed by atoms with Crippen LogP contribution in [0.4, 0.5) is 4.39 Å². The first-order valence-electron chi connectivity index (χ1n) is 10.1. The highest BCUT2D eigenvalue weighted by Gasteiger charge is 2.43. The number of halogens is 1. The van der Waals surface area contributed by atoms with E-state index in [4.69, 9.17) is 4.74 Å². The molecular formula is C21H28FN3O3. The molecule has 0 radical (unpaired) electrons.